The summed E-state index contributed by atoms with van der Waals surface area (Å²) in [5, 5.41) is 4.21. The van der Waals surface area contributed by atoms with Crippen LogP contribution >= 0.6 is 0 Å². The Morgan fingerprint density at radius 1 is 1.37 bits per heavy atom. The molecule has 5 heteroatoms. The van der Waals surface area contributed by atoms with Crippen molar-refractivity contribution in [2.75, 3.05) is 7.11 Å². The van der Waals surface area contributed by atoms with Crippen molar-refractivity contribution in [3.05, 3.63) is 41.7 Å². The predicted octanol–water partition coefficient (Wildman–Crippen LogP) is 1.95. The van der Waals surface area contributed by atoms with Crippen molar-refractivity contribution in [3.8, 4) is 11.5 Å². The second-order valence-electron chi connectivity index (χ2n) is 4.17. The van der Waals surface area contributed by atoms with Crippen molar-refractivity contribution >= 4 is 0 Å². The zero-order valence-electron chi connectivity index (χ0n) is 11.3. The summed E-state index contributed by atoms with van der Waals surface area (Å²) in [7, 11) is 1.63. The summed E-state index contributed by atoms with van der Waals surface area (Å²) in [6, 6.07) is 5.65. The van der Waals surface area contributed by atoms with Crippen LogP contribution in [0.15, 0.2) is 30.6 Å². The van der Waals surface area contributed by atoms with Gasteiger partial charge in [0, 0.05) is 36.5 Å². The van der Waals surface area contributed by atoms with E-state index < -0.39 is 0 Å². The quantitative estimate of drug-likeness (QED) is 0.863. The molecule has 0 saturated heterocycles. The van der Waals surface area contributed by atoms with Crippen LogP contribution < -0.4 is 15.2 Å². The molecule has 0 unspecified atom stereocenters. The third kappa shape index (κ3) is 3.26. The second kappa shape index (κ2) is 6.24. The number of benzene rings is 1. The number of aryl methyl sites for hydroxylation is 1. The van der Waals surface area contributed by atoms with Crippen molar-refractivity contribution in [2.24, 2.45) is 5.73 Å². The molecular formula is C14H19N3O2. The van der Waals surface area contributed by atoms with Gasteiger partial charge < -0.3 is 15.2 Å². The Morgan fingerprint density at radius 2 is 2.21 bits per heavy atom. The third-order valence-corrected chi connectivity index (χ3v) is 2.90. The summed E-state index contributed by atoms with van der Waals surface area (Å²) in [5.74, 6) is 1.52. The lowest BCUT2D eigenvalue weighted by Gasteiger charge is -2.11. The summed E-state index contributed by atoms with van der Waals surface area (Å²) in [6.45, 7) is 3.81. The molecule has 2 rings (SSSR count). The topological polar surface area (TPSA) is 62.3 Å². The highest BCUT2D eigenvalue weighted by Crippen LogP contribution is 2.25. The Labute approximate surface area is 112 Å². The van der Waals surface area contributed by atoms with Crippen LogP contribution in [-0.4, -0.2) is 16.9 Å². The van der Waals surface area contributed by atoms with E-state index in [4.69, 9.17) is 15.2 Å². The molecule has 0 fully saturated rings. The third-order valence-electron chi connectivity index (χ3n) is 2.90. The molecule has 0 spiro atoms. The highest BCUT2D eigenvalue weighted by atomic mass is 16.5. The monoisotopic (exact) mass is 261 g/mol. The van der Waals surface area contributed by atoms with E-state index in [0.29, 0.717) is 13.2 Å². The number of ether oxygens (including phenoxy) is 2. The van der Waals surface area contributed by atoms with Crippen LogP contribution in [0.3, 0.4) is 0 Å². The van der Waals surface area contributed by atoms with Gasteiger partial charge in [-0.15, -0.1) is 0 Å². The summed E-state index contributed by atoms with van der Waals surface area (Å²) in [4.78, 5) is 0. The Morgan fingerprint density at radius 3 is 2.84 bits per heavy atom. The maximum absolute atomic E-state index is 5.80. The first-order chi connectivity index (χ1) is 9.26. The fraction of sp³-hybridized carbons (Fsp3) is 0.357. The average Bonchev–Trinajstić information content (AvgIpc) is 2.92. The Kier molecular flexibility index (Phi) is 4.41. The molecule has 1 heterocycles. The van der Waals surface area contributed by atoms with Crippen molar-refractivity contribution in [3.63, 3.8) is 0 Å². The van der Waals surface area contributed by atoms with Crippen LogP contribution in [0.25, 0.3) is 0 Å². The second-order valence-corrected chi connectivity index (χ2v) is 4.17. The van der Waals surface area contributed by atoms with Crippen LogP contribution in [0.1, 0.15) is 18.1 Å². The van der Waals surface area contributed by atoms with Crippen molar-refractivity contribution < 1.29 is 9.47 Å². The van der Waals surface area contributed by atoms with Gasteiger partial charge >= 0.3 is 0 Å². The number of methoxy groups -OCH3 is 1. The van der Waals surface area contributed by atoms with Gasteiger partial charge in [0.25, 0.3) is 0 Å². The fourth-order valence-corrected chi connectivity index (χ4v) is 1.78. The maximum atomic E-state index is 5.80. The van der Waals surface area contributed by atoms with Crippen LogP contribution in [-0.2, 0) is 19.7 Å². The minimum absolute atomic E-state index is 0.438. The van der Waals surface area contributed by atoms with Gasteiger partial charge in [0.2, 0.25) is 0 Å². The minimum Gasteiger partial charge on any atom is -0.497 e. The van der Waals surface area contributed by atoms with E-state index in [2.05, 4.69) is 5.10 Å². The molecule has 0 aliphatic rings. The van der Waals surface area contributed by atoms with E-state index in [1.807, 2.05) is 42.2 Å². The van der Waals surface area contributed by atoms with Crippen LogP contribution in [0, 0.1) is 0 Å². The summed E-state index contributed by atoms with van der Waals surface area (Å²) >= 11 is 0. The zero-order chi connectivity index (χ0) is 13.7. The molecule has 0 radical (unpaired) electrons. The van der Waals surface area contributed by atoms with Gasteiger partial charge in [0.1, 0.15) is 18.1 Å². The van der Waals surface area contributed by atoms with Crippen LogP contribution in [0.2, 0.25) is 0 Å². The molecule has 0 aliphatic heterocycles. The number of hydrogen-bond acceptors (Lipinski definition) is 4. The summed E-state index contributed by atoms with van der Waals surface area (Å²) in [5.41, 5.74) is 7.70. The van der Waals surface area contributed by atoms with Gasteiger partial charge in [-0.05, 0) is 13.0 Å². The average molecular weight is 261 g/mol. The van der Waals surface area contributed by atoms with Gasteiger partial charge in [-0.2, -0.15) is 5.10 Å². The van der Waals surface area contributed by atoms with Gasteiger partial charge in [0.05, 0.1) is 13.3 Å². The van der Waals surface area contributed by atoms with Gasteiger partial charge in [0.15, 0.2) is 0 Å². The number of hydrogen-bond donors (Lipinski definition) is 1. The lowest BCUT2D eigenvalue weighted by atomic mass is 10.2. The van der Waals surface area contributed by atoms with E-state index in [-0.39, 0.29) is 0 Å². The normalized spacial score (nSPS) is 10.5. The molecule has 0 atom stereocenters. The summed E-state index contributed by atoms with van der Waals surface area (Å²) < 4.78 is 12.9. The van der Waals surface area contributed by atoms with E-state index in [1.54, 1.807) is 7.11 Å². The Balaban J connectivity index is 2.09. The smallest absolute Gasteiger partial charge is 0.127 e. The minimum atomic E-state index is 0.438. The largest absolute Gasteiger partial charge is 0.497 e. The molecular weight excluding hydrogens is 242 g/mol. The van der Waals surface area contributed by atoms with Gasteiger partial charge in [-0.3, -0.25) is 4.68 Å². The van der Waals surface area contributed by atoms with Crippen molar-refractivity contribution in [2.45, 2.75) is 26.6 Å². The van der Waals surface area contributed by atoms with Crippen molar-refractivity contribution in [1.29, 1.82) is 0 Å². The summed E-state index contributed by atoms with van der Waals surface area (Å²) in [6.07, 6.45) is 3.79. The zero-order valence-corrected chi connectivity index (χ0v) is 11.3. The number of nitrogens with two attached hydrogens (primary N) is 1. The Hall–Kier alpha value is -2.01. The molecule has 2 N–H and O–H groups in total. The first-order valence-corrected chi connectivity index (χ1v) is 6.28. The highest BCUT2D eigenvalue weighted by molar-refractivity contribution is 5.40. The molecule has 0 aliphatic carbocycles. The molecule has 5 nitrogen and oxygen atoms in total. The Bertz CT molecular complexity index is 537. The predicted molar refractivity (Wildman–Crippen MR) is 73.1 cm³/mol. The number of rotatable bonds is 6. The fourth-order valence-electron chi connectivity index (χ4n) is 1.78. The molecule has 0 bridgehead atoms. The first kappa shape index (κ1) is 13.4. The lowest BCUT2D eigenvalue weighted by Crippen LogP contribution is -2.03. The number of nitrogens with zero attached hydrogens (tertiary/aromatic N) is 2. The molecule has 0 saturated carbocycles. The van der Waals surface area contributed by atoms with Crippen molar-refractivity contribution in [1.82, 2.24) is 9.78 Å². The van der Waals surface area contributed by atoms with Crippen LogP contribution in [0.5, 0.6) is 11.5 Å². The number of aromatic nitrogens is 2. The van der Waals surface area contributed by atoms with E-state index in [9.17, 15) is 0 Å². The molecule has 1 aromatic heterocycles. The highest BCUT2D eigenvalue weighted by Gasteiger charge is 2.06. The molecule has 102 valence electrons. The van der Waals surface area contributed by atoms with E-state index >= 15 is 0 Å². The lowest BCUT2D eigenvalue weighted by molar-refractivity contribution is 0.300. The molecule has 1 aromatic carbocycles. The first-order valence-electron chi connectivity index (χ1n) is 6.28. The van der Waals surface area contributed by atoms with Gasteiger partial charge in [-0.1, -0.05) is 6.07 Å². The van der Waals surface area contributed by atoms with E-state index in [1.165, 1.54) is 0 Å². The van der Waals surface area contributed by atoms with Crippen LogP contribution in [0.4, 0.5) is 0 Å². The SMILES string of the molecule is CCn1cc(COc2cc(OC)ccc2CN)cn1. The van der Waals surface area contributed by atoms with Gasteiger partial charge in [-0.25, -0.2) is 0 Å². The molecule has 2 aromatic rings. The standard InChI is InChI=1S/C14H19N3O2/c1-3-17-9-11(8-16-17)10-19-14-6-13(18-2)5-4-12(14)7-15/h4-6,8-9H,3,7,10,15H2,1-2H3. The molecule has 0 amide bonds. The van der Waals surface area contributed by atoms with E-state index in [0.717, 1.165) is 29.2 Å². The molecule has 19 heavy (non-hydrogen) atoms. The maximum Gasteiger partial charge on any atom is 0.127 e.